The molecule has 1 heterocycles. The van der Waals surface area contributed by atoms with E-state index in [0.717, 1.165) is 71.2 Å². The van der Waals surface area contributed by atoms with Gasteiger partial charge in [0.1, 0.15) is 22.9 Å². The Bertz CT molecular complexity index is 1260. The minimum Gasteiger partial charge on any atom is -0.494 e. The first-order valence-corrected chi connectivity index (χ1v) is 16.0. The van der Waals surface area contributed by atoms with Crippen LogP contribution in [-0.2, 0) is 28.9 Å². The van der Waals surface area contributed by atoms with Gasteiger partial charge in [0.15, 0.2) is 0 Å². The third-order valence-electron chi connectivity index (χ3n) is 5.73. The molecular weight excluding hydrogens is 569 g/mol. The second-order valence-electron chi connectivity index (χ2n) is 9.25. The Morgan fingerprint density at radius 3 is 2.52 bits per heavy atom. The van der Waals surface area contributed by atoms with E-state index in [1.165, 1.54) is 0 Å². The lowest BCUT2D eigenvalue weighted by molar-refractivity contribution is -0.119. The monoisotopic (exact) mass is 610 g/mol. The number of unbranched alkanes of at least 4 members (excludes halogenated alkanes) is 1. The third kappa shape index (κ3) is 15.2. The van der Waals surface area contributed by atoms with E-state index in [1.54, 1.807) is 35.3 Å². The van der Waals surface area contributed by atoms with Crippen LogP contribution in [0.2, 0.25) is 0 Å². The van der Waals surface area contributed by atoms with Crippen LogP contribution in [0.4, 0.5) is 5.13 Å². The number of hydrogen-bond acceptors (Lipinski definition) is 10. The molecule has 0 unspecified atom stereocenters. The molecular formula is C31H42N6O3S2. The molecule has 42 heavy (non-hydrogen) atoms. The molecule has 0 spiro atoms. The molecule has 0 aliphatic carbocycles. The number of ether oxygens (including phenoxy) is 1. The summed E-state index contributed by atoms with van der Waals surface area (Å²) in [5, 5.41) is 15.7. The van der Waals surface area contributed by atoms with Gasteiger partial charge in [-0.1, -0.05) is 53.8 Å². The number of benzene rings is 2. The van der Waals surface area contributed by atoms with Crippen molar-refractivity contribution in [2.24, 2.45) is 11.5 Å². The number of carbonyl (C=O) groups excluding carboxylic acids is 2. The Labute approximate surface area is 257 Å². The number of nitrogens with zero attached hydrogens (tertiary/aromatic N) is 2. The molecule has 0 aliphatic heterocycles. The van der Waals surface area contributed by atoms with Gasteiger partial charge in [-0.15, -0.1) is 10.2 Å². The van der Waals surface area contributed by atoms with Crippen LogP contribution >= 0.6 is 23.1 Å². The van der Waals surface area contributed by atoms with Crippen molar-refractivity contribution in [2.75, 3.05) is 31.0 Å². The zero-order valence-corrected chi connectivity index (χ0v) is 26.0. The van der Waals surface area contributed by atoms with Crippen LogP contribution in [0.3, 0.4) is 0 Å². The number of anilines is 1. The van der Waals surface area contributed by atoms with Crippen molar-refractivity contribution in [1.29, 1.82) is 0 Å². The summed E-state index contributed by atoms with van der Waals surface area (Å²) in [6, 6.07) is 17.2. The predicted octanol–water partition coefficient (Wildman–Crippen LogP) is 4.85. The molecule has 11 heteroatoms. The number of nitrogens with two attached hydrogens (primary N) is 2. The molecule has 226 valence electrons. The van der Waals surface area contributed by atoms with Crippen LogP contribution in [0.5, 0.6) is 5.75 Å². The Morgan fingerprint density at radius 1 is 1.02 bits per heavy atom. The van der Waals surface area contributed by atoms with Gasteiger partial charge in [0.2, 0.25) is 11.0 Å². The standard InChI is InChI=1S/C23H34N6O2S2.C8H8O/c1-26-23-29-28-22(33-23)10-4-3-8-18(24)11-12-20(25)27-21(30)16-17-7-5-9-19(15-17)31-13-6-14-32-2;9-7-6-8-4-2-1-3-5-8/h5,7,9,11-12,15H,3-4,6,8,10,13-14,16,24-25H2,1-2H3,(H,26,29)(H,27,30);1-5,7H,6H2/b18-11-,20-12+;. The molecule has 1 amide bonds. The lowest BCUT2D eigenvalue weighted by atomic mass is 10.1. The van der Waals surface area contributed by atoms with Crippen molar-refractivity contribution in [1.82, 2.24) is 15.5 Å². The van der Waals surface area contributed by atoms with Gasteiger partial charge in [-0.05, 0) is 73.1 Å². The molecule has 2 aromatic carbocycles. The molecule has 0 radical (unpaired) electrons. The van der Waals surface area contributed by atoms with Crippen molar-refractivity contribution in [2.45, 2.75) is 44.9 Å². The Hall–Kier alpha value is -3.83. The average molecular weight is 611 g/mol. The Kier molecular flexibility index (Phi) is 17.2. The maximum absolute atomic E-state index is 12.3. The van der Waals surface area contributed by atoms with Gasteiger partial charge in [-0.25, -0.2) is 0 Å². The summed E-state index contributed by atoms with van der Waals surface area (Å²) in [6.45, 7) is 0.666. The first kappa shape index (κ1) is 34.4. The SMILES string of the molecule is CNc1nnc(CCCC/C(N)=C/C=C(\N)NC(=O)Cc2cccc(OCCCSC)c2)s1.O=CCc1ccccc1. The van der Waals surface area contributed by atoms with E-state index >= 15 is 0 Å². The van der Waals surface area contributed by atoms with Gasteiger partial charge in [0.25, 0.3) is 0 Å². The highest BCUT2D eigenvalue weighted by Crippen LogP contribution is 2.17. The van der Waals surface area contributed by atoms with Crippen LogP contribution in [0, 0.1) is 0 Å². The van der Waals surface area contributed by atoms with Gasteiger partial charge < -0.3 is 31.6 Å². The number of nitrogens with one attached hydrogen (secondary N) is 2. The smallest absolute Gasteiger partial charge is 0.229 e. The highest BCUT2D eigenvalue weighted by molar-refractivity contribution is 7.98. The number of aldehydes is 1. The van der Waals surface area contributed by atoms with Crippen molar-refractivity contribution >= 4 is 40.4 Å². The van der Waals surface area contributed by atoms with Crippen LogP contribution in [0.1, 0.15) is 41.8 Å². The van der Waals surface area contributed by atoms with Gasteiger partial charge in [-0.3, -0.25) is 4.79 Å². The van der Waals surface area contributed by atoms with E-state index in [2.05, 4.69) is 27.1 Å². The number of rotatable bonds is 17. The molecule has 3 rings (SSSR count). The minimum atomic E-state index is -0.187. The third-order valence-corrected chi connectivity index (χ3v) is 7.43. The maximum atomic E-state index is 12.3. The van der Waals surface area contributed by atoms with Gasteiger partial charge >= 0.3 is 0 Å². The van der Waals surface area contributed by atoms with Crippen LogP contribution in [-0.4, -0.2) is 48.1 Å². The van der Waals surface area contributed by atoms with Crippen molar-refractivity contribution in [3.63, 3.8) is 0 Å². The summed E-state index contributed by atoms with van der Waals surface area (Å²) < 4.78 is 5.74. The molecule has 0 aliphatic rings. The van der Waals surface area contributed by atoms with Gasteiger partial charge in [-0.2, -0.15) is 11.8 Å². The fourth-order valence-electron chi connectivity index (χ4n) is 3.62. The second kappa shape index (κ2) is 21.0. The summed E-state index contributed by atoms with van der Waals surface area (Å²) in [7, 11) is 1.83. The van der Waals surface area contributed by atoms with Crippen molar-refractivity contribution in [3.05, 3.63) is 94.4 Å². The average Bonchev–Trinajstić information content (AvgIpc) is 3.46. The van der Waals surface area contributed by atoms with E-state index in [1.807, 2.05) is 61.6 Å². The van der Waals surface area contributed by atoms with Gasteiger partial charge in [0.05, 0.1) is 13.0 Å². The van der Waals surface area contributed by atoms with E-state index in [0.29, 0.717) is 18.7 Å². The summed E-state index contributed by atoms with van der Waals surface area (Å²) >= 11 is 3.36. The van der Waals surface area contributed by atoms with Crippen molar-refractivity contribution in [3.8, 4) is 5.75 Å². The van der Waals surface area contributed by atoms with Crippen LogP contribution in [0.15, 0.2) is 78.3 Å². The zero-order valence-electron chi connectivity index (χ0n) is 24.4. The maximum Gasteiger partial charge on any atom is 0.229 e. The largest absolute Gasteiger partial charge is 0.494 e. The number of amides is 1. The molecule has 9 nitrogen and oxygen atoms in total. The van der Waals surface area contributed by atoms with E-state index in [4.69, 9.17) is 16.2 Å². The fraction of sp³-hybridized carbons (Fsp3) is 0.355. The number of hydrogen-bond donors (Lipinski definition) is 4. The van der Waals surface area contributed by atoms with E-state index < -0.39 is 0 Å². The number of aromatic nitrogens is 2. The number of thioether (sulfide) groups is 1. The highest BCUT2D eigenvalue weighted by atomic mass is 32.2. The number of carbonyl (C=O) groups is 2. The minimum absolute atomic E-state index is 0.187. The summed E-state index contributed by atoms with van der Waals surface area (Å²) in [5.74, 6) is 1.91. The molecule has 0 bridgehead atoms. The molecule has 0 atom stereocenters. The molecule has 3 aromatic rings. The predicted molar refractivity (Wildman–Crippen MR) is 175 cm³/mol. The van der Waals surface area contributed by atoms with E-state index in [-0.39, 0.29) is 18.1 Å². The summed E-state index contributed by atoms with van der Waals surface area (Å²) in [6.07, 6.45) is 11.6. The summed E-state index contributed by atoms with van der Waals surface area (Å²) in [5.41, 5.74) is 14.6. The number of allylic oxidation sites excluding steroid dienone is 3. The normalized spacial score (nSPS) is 11.3. The second-order valence-corrected chi connectivity index (χ2v) is 11.3. The topological polar surface area (TPSA) is 145 Å². The van der Waals surface area contributed by atoms with Crippen LogP contribution < -0.4 is 26.8 Å². The van der Waals surface area contributed by atoms with Crippen LogP contribution in [0.25, 0.3) is 0 Å². The fourth-order valence-corrected chi connectivity index (χ4v) is 4.76. The molecule has 6 N–H and O–H groups in total. The molecule has 0 fully saturated rings. The first-order valence-electron chi connectivity index (χ1n) is 13.8. The zero-order chi connectivity index (χ0) is 30.4. The van der Waals surface area contributed by atoms with Crippen molar-refractivity contribution < 1.29 is 14.3 Å². The highest BCUT2D eigenvalue weighted by Gasteiger charge is 2.06. The Morgan fingerprint density at radius 2 is 1.81 bits per heavy atom. The lowest BCUT2D eigenvalue weighted by Crippen LogP contribution is -2.28. The summed E-state index contributed by atoms with van der Waals surface area (Å²) in [4.78, 5) is 22.3. The van der Waals surface area contributed by atoms with Gasteiger partial charge in [0, 0.05) is 25.6 Å². The Balaban J connectivity index is 0.000000581. The number of aryl methyl sites for hydroxylation is 1. The van der Waals surface area contributed by atoms with E-state index in [9.17, 15) is 9.59 Å². The molecule has 1 aromatic heterocycles. The quantitative estimate of drug-likeness (QED) is 0.0957. The first-order chi connectivity index (χ1) is 20.4. The lowest BCUT2D eigenvalue weighted by Gasteiger charge is -2.08. The molecule has 0 saturated carbocycles. The molecule has 0 saturated heterocycles.